The van der Waals surface area contributed by atoms with Crippen molar-refractivity contribution in [3.8, 4) is 5.75 Å². The summed E-state index contributed by atoms with van der Waals surface area (Å²) in [6.07, 6.45) is 1.91. The number of hydrogen-bond donors (Lipinski definition) is 1. The molecule has 0 bridgehead atoms. The van der Waals surface area contributed by atoms with Crippen LogP contribution in [0.2, 0.25) is 0 Å². The molecule has 2 rings (SSSR count). The molecule has 5 nitrogen and oxygen atoms in total. The van der Waals surface area contributed by atoms with Crippen LogP contribution in [0.3, 0.4) is 0 Å². The monoisotopic (exact) mass is 516 g/mol. The Kier molecular flexibility index (Phi) is 9.96. The fourth-order valence-electron chi connectivity index (χ4n) is 3.32. The highest BCUT2D eigenvalue weighted by atomic mass is 79.9. The Hall–Kier alpha value is -2.34. The van der Waals surface area contributed by atoms with Gasteiger partial charge in [0, 0.05) is 13.1 Å². The number of ether oxygens (including phenoxy) is 1. The molecule has 0 spiro atoms. The molecule has 180 valence electrons. The van der Waals surface area contributed by atoms with Gasteiger partial charge in [-0.05, 0) is 64.9 Å². The maximum atomic E-state index is 13.2. The molecule has 0 aliphatic heterocycles. The number of aryl methyl sites for hydroxylation is 1. The molecule has 0 radical (unpaired) electrons. The number of halogens is 1. The summed E-state index contributed by atoms with van der Waals surface area (Å²) < 4.78 is 6.67. The summed E-state index contributed by atoms with van der Waals surface area (Å²) in [6, 6.07) is 13.3. The lowest BCUT2D eigenvalue weighted by molar-refractivity contribution is -0.142. The highest BCUT2D eigenvalue weighted by Gasteiger charge is 2.26. The Morgan fingerprint density at radius 2 is 1.79 bits per heavy atom. The number of amides is 2. The summed E-state index contributed by atoms with van der Waals surface area (Å²) in [5, 5.41) is 2.94. The largest absolute Gasteiger partial charge is 0.483 e. The minimum absolute atomic E-state index is 0.0161. The van der Waals surface area contributed by atoms with Gasteiger partial charge < -0.3 is 15.0 Å². The van der Waals surface area contributed by atoms with E-state index in [-0.39, 0.29) is 23.8 Å². The smallest absolute Gasteiger partial charge is 0.261 e. The molecule has 0 saturated carbocycles. The minimum atomic E-state index is -0.606. The van der Waals surface area contributed by atoms with E-state index in [4.69, 9.17) is 4.74 Å². The molecule has 0 aliphatic carbocycles. The van der Waals surface area contributed by atoms with Crippen LogP contribution >= 0.6 is 15.9 Å². The zero-order valence-electron chi connectivity index (χ0n) is 20.7. The third-order valence-corrected chi connectivity index (χ3v) is 6.24. The second kappa shape index (κ2) is 12.2. The number of benzene rings is 2. The van der Waals surface area contributed by atoms with Gasteiger partial charge >= 0.3 is 0 Å². The second-order valence-electron chi connectivity index (χ2n) is 9.51. The van der Waals surface area contributed by atoms with E-state index in [2.05, 4.69) is 48.9 Å². The van der Waals surface area contributed by atoms with Crippen LogP contribution in [-0.2, 0) is 21.5 Å². The Balaban J connectivity index is 2.15. The topological polar surface area (TPSA) is 58.6 Å². The number of unbranched alkanes of at least 4 members (excludes halogenated alkanes) is 1. The van der Waals surface area contributed by atoms with Crippen molar-refractivity contribution in [1.82, 2.24) is 10.2 Å². The van der Waals surface area contributed by atoms with Crippen molar-refractivity contribution in [2.75, 3.05) is 13.2 Å². The highest BCUT2D eigenvalue weighted by Crippen LogP contribution is 2.31. The first kappa shape index (κ1) is 26.9. The lowest BCUT2D eigenvalue weighted by Crippen LogP contribution is -2.49. The maximum absolute atomic E-state index is 13.2. The molecule has 0 unspecified atom stereocenters. The van der Waals surface area contributed by atoms with Gasteiger partial charge in [-0.2, -0.15) is 0 Å². The summed E-state index contributed by atoms with van der Waals surface area (Å²) >= 11 is 3.56. The fraction of sp³-hybridized carbons (Fsp3) is 0.481. The molecule has 0 aliphatic rings. The number of hydrogen-bond acceptors (Lipinski definition) is 3. The molecule has 2 aromatic carbocycles. The second-order valence-corrected chi connectivity index (χ2v) is 10.4. The molecule has 1 atom stereocenters. The molecule has 0 aromatic heterocycles. The SMILES string of the molecule is CCCCNC(=O)[C@@H](C)N(Cc1ccc(C)cc1)C(=O)COc1ccc(C(C)(C)C)cc1Br. The normalized spacial score (nSPS) is 12.2. The summed E-state index contributed by atoms with van der Waals surface area (Å²) in [5.74, 6) is 0.215. The molecule has 0 fully saturated rings. The molecule has 2 aromatic rings. The van der Waals surface area contributed by atoms with Crippen molar-refractivity contribution in [2.45, 2.75) is 72.4 Å². The van der Waals surface area contributed by atoms with Gasteiger partial charge in [0.2, 0.25) is 5.91 Å². The van der Waals surface area contributed by atoms with Crippen LogP contribution in [0.1, 0.15) is 64.2 Å². The third-order valence-electron chi connectivity index (χ3n) is 5.62. The van der Waals surface area contributed by atoms with Gasteiger partial charge in [0.1, 0.15) is 11.8 Å². The Bertz CT molecular complexity index is 935. The van der Waals surface area contributed by atoms with Gasteiger partial charge in [0.25, 0.3) is 5.91 Å². The van der Waals surface area contributed by atoms with E-state index in [0.717, 1.165) is 28.4 Å². The average molecular weight is 518 g/mol. The van der Waals surface area contributed by atoms with Crippen molar-refractivity contribution in [3.05, 3.63) is 63.6 Å². The molecular formula is C27H37BrN2O3. The van der Waals surface area contributed by atoms with Crippen molar-refractivity contribution in [1.29, 1.82) is 0 Å². The molecule has 6 heteroatoms. The summed E-state index contributed by atoms with van der Waals surface area (Å²) in [6.45, 7) is 13.1. The predicted octanol–water partition coefficient (Wildman–Crippen LogP) is 5.77. The number of nitrogens with zero attached hydrogens (tertiary/aromatic N) is 1. The van der Waals surface area contributed by atoms with E-state index in [1.54, 1.807) is 11.8 Å². The Morgan fingerprint density at radius 1 is 1.12 bits per heavy atom. The zero-order valence-corrected chi connectivity index (χ0v) is 22.3. The van der Waals surface area contributed by atoms with E-state index in [0.29, 0.717) is 18.8 Å². The number of carbonyl (C=O) groups is 2. The van der Waals surface area contributed by atoms with Crippen molar-refractivity contribution in [2.24, 2.45) is 0 Å². The standard InChI is InChI=1S/C27H37BrN2O3/c1-7-8-15-29-26(32)20(3)30(17-21-11-9-19(2)10-12-21)25(31)18-33-24-14-13-22(16-23(24)28)27(4,5)6/h9-14,16,20H,7-8,15,17-18H2,1-6H3,(H,29,32)/t20-/m1/s1. The van der Waals surface area contributed by atoms with Gasteiger partial charge in [-0.1, -0.05) is 70.0 Å². The third kappa shape index (κ3) is 8.18. The van der Waals surface area contributed by atoms with E-state index in [1.165, 1.54) is 5.56 Å². The zero-order chi connectivity index (χ0) is 24.6. The van der Waals surface area contributed by atoms with Crippen LogP contribution < -0.4 is 10.1 Å². The lowest BCUT2D eigenvalue weighted by atomic mass is 9.87. The quantitative estimate of drug-likeness (QED) is 0.408. The summed E-state index contributed by atoms with van der Waals surface area (Å²) in [5.41, 5.74) is 3.31. The molecule has 1 N–H and O–H groups in total. The van der Waals surface area contributed by atoms with Crippen molar-refractivity contribution < 1.29 is 14.3 Å². The van der Waals surface area contributed by atoms with E-state index in [9.17, 15) is 9.59 Å². The number of nitrogens with one attached hydrogen (secondary N) is 1. The first-order valence-electron chi connectivity index (χ1n) is 11.6. The number of carbonyl (C=O) groups excluding carboxylic acids is 2. The van der Waals surface area contributed by atoms with Gasteiger partial charge in [-0.15, -0.1) is 0 Å². The van der Waals surface area contributed by atoms with Crippen LogP contribution in [0.4, 0.5) is 0 Å². The van der Waals surface area contributed by atoms with Gasteiger partial charge in [-0.3, -0.25) is 9.59 Å². The average Bonchev–Trinajstić information content (AvgIpc) is 2.76. The molecular weight excluding hydrogens is 480 g/mol. The first-order valence-corrected chi connectivity index (χ1v) is 12.4. The minimum Gasteiger partial charge on any atom is -0.483 e. The maximum Gasteiger partial charge on any atom is 0.261 e. The van der Waals surface area contributed by atoms with Crippen LogP contribution in [0, 0.1) is 6.92 Å². The van der Waals surface area contributed by atoms with Gasteiger partial charge in [0.15, 0.2) is 6.61 Å². The predicted molar refractivity (Wildman–Crippen MR) is 137 cm³/mol. The van der Waals surface area contributed by atoms with E-state index < -0.39 is 6.04 Å². The van der Waals surface area contributed by atoms with Crippen LogP contribution in [0.25, 0.3) is 0 Å². The molecule has 0 saturated heterocycles. The fourth-order valence-corrected chi connectivity index (χ4v) is 3.81. The first-order chi connectivity index (χ1) is 15.5. The molecule has 2 amide bonds. The lowest BCUT2D eigenvalue weighted by Gasteiger charge is -2.29. The van der Waals surface area contributed by atoms with E-state index >= 15 is 0 Å². The van der Waals surface area contributed by atoms with E-state index in [1.807, 2.05) is 49.4 Å². The number of rotatable bonds is 10. The van der Waals surface area contributed by atoms with Gasteiger partial charge in [-0.25, -0.2) is 0 Å². The van der Waals surface area contributed by atoms with Crippen molar-refractivity contribution >= 4 is 27.7 Å². The Morgan fingerprint density at radius 3 is 2.36 bits per heavy atom. The van der Waals surface area contributed by atoms with Crippen LogP contribution in [0.15, 0.2) is 46.9 Å². The highest BCUT2D eigenvalue weighted by molar-refractivity contribution is 9.10. The summed E-state index contributed by atoms with van der Waals surface area (Å²) in [7, 11) is 0. The van der Waals surface area contributed by atoms with Gasteiger partial charge in [0.05, 0.1) is 4.47 Å². The van der Waals surface area contributed by atoms with Crippen LogP contribution in [-0.4, -0.2) is 35.9 Å². The Labute approximate surface area is 207 Å². The summed E-state index contributed by atoms with van der Waals surface area (Å²) in [4.78, 5) is 27.5. The van der Waals surface area contributed by atoms with Crippen LogP contribution in [0.5, 0.6) is 5.75 Å². The molecule has 33 heavy (non-hydrogen) atoms. The van der Waals surface area contributed by atoms with Crippen molar-refractivity contribution in [3.63, 3.8) is 0 Å². The molecule has 0 heterocycles.